The van der Waals surface area contributed by atoms with Gasteiger partial charge >= 0.3 is 0 Å². The number of benzene rings is 1. The molecule has 0 aromatic heterocycles. The van der Waals surface area contributed by atoms with Gasteiger partial charge < -0.3 is 15.5 Å². The molecule has 6 heteroatoms. The van der Waals surface area contributed by atoms with E-state index in [1.807, 2.05) is 23.1 Å². The molecule has 1 saturated carbocycles. The average Bonchev–Trinajstić information content (AvgIpc) is 3.26. The van der Waals surface area contributed by atoms with Crippen LogP contribution in [0.15, 0.2) is 18.2 Å². The number of hydrogen-bond donors (Lipinski definition) is 2. The van der Waals surface area contributed by atoms with E-state index in [1.54, 1.807) is 0 Å². The van der Waals surface area contributed by atoms with E-state index in [0.29, 0.717) is 24.7 Å². The van der Waals surface area contributed by atoms with Crippen molar-refractivity contribution in [3.8, 4) is 0 Å². The third kappa shape index (κ3) is 5.76. The Hall–Kier alpha value is -1.59. The molecule has 0 bridgehead atoms. The highest BCUT2D eigenvalue weighted by molar-refractivity contribution is 5.98. The van der Waals surface area contributed by atoms with Crippen LogP contribution >= 0.6 is 12.4 Å². The highest BCUT2D eigenvalue weighted by Gasteiger charge is 2.26. The van der Waals surface area contributed by atoms with Gasteiger partial charge in [0.15, 0.2) is 0 Å². The standard InChI is InChI=1S/C24H35N3O2.ClH/c28-23(16-18-6-2-1-3-7-18)26-21-9-4-10-22-20(21)8-5-15-27(22)24(29)12-11-19-13-14-25-17-19;/h4,9-10,18-19,25H,1-3,5-8,11-17H2,(H,26,28);1H. The Morgan fingerprint density at radius 1 is 1.07 bits per heavy atom. The lowest BCUT2D eigenvalue weighted by Gasteiger charge is -2.31. The van der Waals surface area contributed by atoms with Crippen molar-refractivity contribution in [3.05, 3.63) is 23.8 Å². The molecule has 1 atom stereocenters. The average molecular weight is 434 g/mol. The number of hydrogen-bond acceptors (Lipinski definition) is 3. The Morgan fingerprint density at radius 3 is 2.67 bits per heavy atom. The number of nitrogens with zero attached hydrogens (tertiary/aromatic N) is 1. The molecule has 1 aromatic rings. The van der Waals surface area contributed by atoms with Gasteiger partial charge in [0, 0.05) is 30.8 Å². The number of halogens is 1. The van der Waals surface area contributed by atoms with Crippen molar-refractivity contribution >= 4 is 35.6 Å². The molecule has 3 aliphatic rings. The molecule has 0 spiro atoms. The van der Waals surface area contributed by atoms with E-state index in [4.69, 9.17) is 0 Å². The molecular formula is C24H36ClN3O2. The molecule has 4 rings (SSSR count). The Morgan fingerprint density at radius 2 is 1.90 bits per heavy atom. The lowest BCUT2D eigenvalue weighted by molar-refractivity contribution is -0.119. The van der Waals surface area contributed by atoms with Crippen molar-refractivity contribution < 1.29 is 9.59 Å². The minimum Gasteiger partial charge on any atom is -0.326 e. The predicted molar refractivity (Wildman–Crippen MR) is 124 cm³/mol. The summed E-state index contributed by atoms with van der Waals surface area (Å²) < 4.78 is 0. The maximum absolute atomic E-state index is 12.9. The first-order chi connectivity index (χ1) is 14.2. The fourth-order valence-corrected chi connectivity index (χ4v) is 5.28. The summed E-state index contributed by atoms with van der Waals surface area (Å²) in [5, 5.41) is 6.55. The highest BCUT2D eigenvalue weighted by Crippen LogP contribution is 2.34. The second-order valence-electron chi connectivity index (χ2n) is 9.11. The smallest absolute Gasteiger partial charge is 0.226 e. The number of anilines is 2. The summed E-state index contributed by atoms with van der Waals surface area (Å²) in [4.78, 5) is 27.5. The van der Waals surface area contributed by atoms with E-state index in [2.05, 4.69) is 10.6 Å². The SMILES string of the molecule is Cl.O=C(CC1CCCCC1)Nc1cccc2c1CCCN2C(=O)CCC1CCNC1. The summed E-state index contributed by atoms with van der Waals surface area (Å²) in [7, 11) is 0. The van der Waals surface area contributed by atoms with Crippen LogP contribution in [-0.2, 0) is 16.0 Å². The zero-order valence-corrected chi connectivity index (χ0v) is 18.8. The second-order valence-corrected chi connectivity index (χ2v) is 9.11. The van der Waals surface area contributed by atoms with Crippen LogP contribution in [0.2, 0.25) is 0 Å². The van der Waals surface area contributed by atoms with E-state index >= 15 is 0 Å². The van der Waals surface area contributed by atoms with Crippen LogP contribution in [0.1, 0.15) is 69.8 Å². The van der Waals surface area contributed by atoms with Crippen LogP contribution in [0, 0.1) is 11.8 Å². The molecule has 1 unspecified atom stereocenters. The van der Waals surface area contributed by atoms with Gasteiger partial charge in [-0.25, -0.2) is 0 Å². The predicted octanol–water partition coefficient (Wildman–Crippen LogP) is 4.69. The molecule has 166 valence electrons. The summed E-state index contributed by atoms with van der Waals surface area (Å²) >= 11 is 0. The first-order valence-corrected chi connectivity index (χ1v) is 11.6. The monoisotopic (exact) mass is 433 g/mol. The summed E-state index contributed by atoms with van der Waals surface area (Å²) in [5.41, 5.74) is 3.04. The van der Waals surface area contributed by atoms with E-state index in [1.165, 1.54) is 38.5 Å². The van der Waals surface area contributed by atoms with Gasteiger partial charge in [0.1, 0.15) is 0 Å². The topological polar surface area (TPSA) is 61.4 Å². The fraction of sp³-hybridized carbons (Fsp3) is 0.667. The Labute approximate surface area is 186 Å². The van der Waals surface area contributed by atoms with Crippen LogP contribution in [0.5, 0.6) is 0 Å². The van der Waals surface area contributed by atoms with E-state index in [9.17, 15) is 9.59 Å². The third-order valence-corrected chi connectivity index (χ3v) is 6.95. The number of carbonyl (C=O) groups excluding carboxylic acids is 2. The first kappa shape index (κ1) is 23.1. The summed E-state index contributed by atoms with van der Waals surface area (Å²) in [6.45, 7) is 2.91. The van der Waals surface area contributed by atoms with Gasteiger partial charge in [-0.05, 0) is 81.1 Å². The number of amides is 2. The Bertz CT molecular complexity index is 727. The molecule has 2 heterocycles. The molecule has 0 radical (unpaired) electrons. The molecule has 2 fully saturated rings. The summed E-state index contributed by atoms with van der Waals surface area (Å²) in [6.07, 6.45) is 11.5. The van der Waals surface area contributed by atoms with Crippen molar-refractivity contribution in [1.29, 1.82) is 0 Å². The van der Waals surface area contributed by atoms with Gasteiger partial charge in [-0.3, -0.25) is 9.59 Å². The van der Waals surface area contributed by atoms with Crippen LogP contribution in [-0.4, -0.2) is 31.4 Å². The summed E-state index contributed by atoms with van der Waals surface area (Å²) in [5.74, 6) is 1.52. The van der Waals surface area contributed by atoms with Crippen molar-refractivity contribution in [2.45, 2.75) is 70.6 Å². The zero-order chi connectivity index (χ0) is 20.1. The fourth-order valence-electron chi connectivity index (χ4n) is 5.28. The van der Waals surface area contributed by atoms with Crippen molar-refractivity contribution in [2.75, 3.05) is 29.9 Å². The van der Waals surface area contributed by atoms with Crippen molar-refractivity contribution in [2.24, 2.45) is 11.8 Å². The molecule has 1 aliphatic carbocycles. The summed E-state index contributed by atoms with van der Waals surface area (Å²) in [6, 6.07) is 6.01. The molecular weight excluding hydrogens is 398 g/mol. The molecule has 30 heavy (non-hydrogen) atoms. The van der Waals surface area contributed by atoms with E-state index in [-0.39, 0.29) is 24.2 Å². The van der Waals surface area contributed by atoms with Gasteiger partial charge in [0.25, 0.3) is 0 Å². The lowest BCUT2D eigenvalue weighted by atomic mass is 9.87. The molecule has 2 N–H and O–H groups in total. The van der Waals surface area contributed by atoms with E-state index < -0.39 is 0 Å². The number of carbonyl (C=O) groups is 2. The minimum atomic E-state index is 0. The minimum absolute atomic E-state index is 0. The molecule has 2 amide bonds. The van der Waals surface area contributed by atoms with Gasteiger partial charge in [-0.1, -0.05) is 25.3 Å². The van der Waals surface area contributed by atoms with Gasteiger partial charge in [0.05, 0.1) is 0 Å². The molecule has 5 nitrogen and oxygen atoms in total. The highest BCUT2D eigenvalue weighted by atomic mass is 35.5. The largest absolute Gasteiger partial charge is 0.326 e. The quantitative estimate of drug-likeness (QED) is 0.684. The van der Waals surface area contributed by atoms with Gasteiger partial charge in [0.2, 0.25) is 11.8 Å². The third-order valence-electron chi connectivity index (χ3n) is 6.95. The molecule has 1 aromatic carbocycles. The number of rotatable bonds is 6. The lowest BCUT2D eigenvalue weighted by Crippen LogP contribution is -2.36. The Kier molecular flexibility index (Phi) is 8.58. The van der Waals surface area contributed by atoms with E-state index in [0.717, 1.165) is 55.8 Å². The second kappa shape index (κ2) is 11.1. The maximum atomic E-state index is 12.9. The van der Waals surface area contributed by atoms with Crippen LogP contribution in [0.25, 0.3) is 0 Å². The number of nitrogens with one attached hydrogen (secondary N) is 2. The number of fused-ring (bicyclic) bond motifs is 1. The molecule has 2 aliphatic heterocycles. The van der Waals surface area contributed by atoms with Gasteiger partial charge in [-0.2, -0.15) is 0 Å². The maximum Gasteiger partial charge on any atom is 0.226 e. The Balaban J connectivity index is 0.00000256. The normalized spacial score (nSPS) is 21.6. The zero-order valence-electron chi connectivity index (χ0n) is 18.0. The first-order valence-electron chi connectivity index (χ1n) is 11.6. The van der Waals surface area contributed by atoms with Crippen molar-refractivity contribution in [1.82, 2.24) is 5.32 Å². The van der Waals surface area contributed by atoms with Gasteiger partial charge in [-0.15, -0.1) is 12.4 Å². The molecule has 1 saturated heterocycles. The van der Waals surface area contributed by atoms with Crippen LogP contribution in [0.3, 0.4) is 0 Å². The van der Waals surface area contributed by atoms with Crippen LogP contribution in [0.4, 0.5) is 11.4 Å². The van der Waals surface area contributed by atoms with Crippen molar-refractivity contribution in [3.63, 3.8) is 0 Å². The van der Waals surface area contributed by atoms with Crippen LogP contribution < -0.4 is 15.5 Å².